The first kappa shape index (κ1) is 11.4. The summed E-state index contributed by atoms with van der Waals surface area (Å²) in [7, 11) is 0. The maximum absolute atomic E-state index is 5.75. The quantitative estimate of drug-likeness (QED) is 0.848. The molecule has 0 radical (unpaired) electrons. The Balaban J connectivity index is 1.87. The molecule has 1 saturated heterocycles. The summed E-state index contributed by atoms with van der Waals surface area (Å²) in [5.41, 5.74) is 7.65. The van der Waals surface area contributed by atoms with Crippen molar-refractivity contribution in [3.8, 4) is 0 Å². The number of nitrogens with zero attached hydrogens (tertiary/aromatic N) is 2. The fraction of sp³-hybridized carbons (Fsp3) is 0.615. The zero-order valence-electron chi connectivity index (χ0n) is 10.0. The second kappa shape index (κ2) is 5.30. The van der Waals surface area contributed by atoms with Crippen LogP contribution in [0.3, 0.4) is 0 Å². The van der Waals surface area contributed by atoms with E-state index in [1.807, 2.05) is 12.1 Å². The van der Waals surface area contributed by atoms with Crippen molar-refractivity contribution in [1.29, 1.82) is 0 Å². The number of likely N-dealkylation sites (tertiary alicyclic amines) is 1. The van der Waals surface area contributed by atoms with E-state index in [1.165, 1.54) is 32.4 Å². The van der Waals surface area contributed by atoms with Gasteiger partial charge in [0, 0.05) is 18.4 Å². The molecule has 1 aliphatic heterocycles. The minimum absolute atomic E-state index is 0.813. The van der Waals surface area contributed by atoms with Gasteiger partial charge in [0.1, 0.15) is 0 Å². The van der Waals surface area contributed by atoms with E-state index < -0.39 is 0 Å². The number of aromatic nitrogens is 1. The van der Waals surface area contributed by atoms with Gasteiger partial charge in [-0.1, -0.05) is 13.3 Å². The van der Waals surface area contributed by atoms with Crippen LogP contribution in [0, 0.1) is 5.92 Å². The molecule has 1 aliphatic rings. The second-order valence-corrected chi connectivity index (χ2v) is 4.71. The molecule has 0 aromatic carbocycles. The smallest absolute Gasteiger partial charge is 0.0564 e. The van der Waals surface area contributed by atoms with Gasteiger partial charge in [-0.3, -0.25) is 9.88 Å². The molecule has 0 spiro atoms. The molecule has 0 unspecified atom stereocenters. The SMILES string of the molecule is CCC1CCN(Cc2cc(N)ccn2)CC1. The summed E-state index contributed by atoms with van der Waals surface area (Å²) >= 11 is 0. The van der Waals surface area contributed by atoms with Gasteiger partial charge in [-0.25, -0.2) is 0 Å². The molecular weight excluding hydrogens is 198 g/mol. The minimum Gasteiger partial charge on any atom is -0.399 e. The lowest BCUT2D eigenvalue weighted by Gasteiger charge is -2.31. The van der Waals surface area contributed by atoms with Crippen LogP contribution in [-0.2, 0) is 6.54 Å². The Morgan fingerprint density at radius 3 is 2.81 bits per heavy atom. The Kier molecular flexibility index (Phi) is 3.78. The molecule has 0 bridgehead atoms. The van der Waals surface area contributed by atoms with Crippen LogP contribution in [-0.4, -0.2) is 23.0 Å². The Hall–Kier alpha value is -1.09. The molecule has 16 heavy (non-hydrogen) atoms. The van der Waals surface area contributed by atoms with Crippen LogP contribution >= 0.6 is 0 Å². The standard InChI is InChI=1S/C13H21N3/c1-2-11-4-7-16(8-5-11)10-13-9-12(14)3-6-15-13/h3,6,9,11H,2,4-5,7-8,10H2,1H3,(H2,14,15). The van der Waals surface area contributed by atoms with E-state index >= 15 is 0 Å². The number of piperidine rings is 1. The molecule has 0 amide bonds. The van der Waals surface area contributed by atoms with Crippen molar-refractivity contribution in [2.24, 2.45) is 5.92 Å². The normalized spacial score (nSPS) is 18.8. The van der Waals surface area contributed by atoms with Gasteiger partial charge in [-0.2, -0.15) is 0 Å². The Morgan fingerprint density at radius 1 is 1.44 bits per heavy atom. The van der Waals surface area contributed by atoms with Crippen LogP contribution in [0.4, 0.5) is 5.69 Å². The van der Waals surface area contributed by atoms with Crippen molar-refractivity contribution < 1.29 is 0 Å². The lowest BCUT2D eigenvalue weighted by molar-refractivity contribution is 0.173. The van der Waals surface area contributed by atoms with E-state index in [0.29, 0.717) is 0 Å². The molecule has 0 atom stereocenters. The van der Waals surface area contributed by atoms with Crippen molar-refractivity contribution in [1.82, 2.24) is 9.88 Å². The van der Waals surface area contributed by atoms with Crippen molar-refractivity contribution in [3.63, 3.8) is 0 Å². The first-order valence-electron chi connectivity index (χ1n) is 6.20. The first-order valence-corrected chi connectivity index (χ1v) is 6.20. The maximum Gasteiger partial charge on any atom is 0.0564 e. The second-order valence-electron chi connectivity index (χ2n) is 4.71. The van der Waals surface area contributed by atoms with Crippen LogP contribution in [0.25, 0.3) is 0 Å². The molecular formula is C13H21N3. The van der Waals surface area contributed by atoms with Gasteiger partial charge in [-0.05, 0) is 44.0 Å². The van der Waals surface area contributed by atoms with E-state index in [1.54, 1.807) is 6.20 Å². The highest BCUT2D eigenvalue weighted by molar-refractivity contribution is 5.37. The fourth-order valence-electron chi connectivity index (χ4n) is 2.37. The van der Waals surface area contributed by atoms with E-state index in [-0.39, 0.29) is 0 Å². The van der Waals surface area contributed by atoms with Crippen LogP contribution < -0.4 is 5.73 Å². The highest BCUT2D eigenvalue weighted by Gasteiger charge is 2.17. The largest absolute Gasteiger partial charge is 0.399 e. The summed E-state index contributed by atoms with van der Waals surface area (Å²) in [5, 5.41) is 0. The zero-order valence-corrected chi connectivity index (χ0v) is 10.0. The number of hydrogen-bond acceptors (Lipinski definition) is 3. The van der Waals surface area contributed by atoms with Crippen molar-refractivity contribution in [3.05, 3.63) is 24.0 Å². The third-order valence-corrected chi connectivity index (χ3v) is 3.51. The molecule has 0 aliphatic carbocycles. The number of nitrogen functional groups attached to an aromatic ring is 1. The monoisotopic (exact) mass is 219 g/mol. The van der Waals surface area contributed by atoms with Gasteiger partial charge in [0.05, 0.1) is 5.69 Å². The van der Waals surface area contributed by atoms with Gasteiger partial charge < -0.3 is 5.73 Å². The van der Waals surface area contributed by atoms with Crippen molar-refractivity contribution >= 4 is 5.69 Å². The lowest BCUT2D eigenvalue weighted by Crippen LogP contribution is -2.33. The van der Waals surface area contributed by atoms with E-state index in [9.17, 15) is 0 Å². The van der Waals surface area contributed by atoms with Crippen LogP contribution in [0.2, 0.25) is 0 Å². The summed E-state index contributed by atoms with van der Waals surface area (Å²) in [6, 6.07) is 3.82. The predicted molar refractivity (Wildman–Crippen MR) is 66.9 cm³/mol. The molecule has 1 aromatic heterocycles. The van der Waals surface area contributed by atoms with E-state index in [0.717, 1.165) is 23.8 Å². The third kappa shape index (κ3) is 2.95. The molecule has 1 fully saturated rings. The van der Waals surface area contributed by atoms with Crippen molar-refractivity contribution in [2.75, 3.05) is 18.8 Å². The van der Waals surface area contributed by atoms with Gasteiger partial charge in [0.25, 0.3) is 0 Å². The van der Waals surface area contributed by atoms with Gasteiger partial charge in [0.15, 0.2) is 0 Å². The number of anilines is 1. The zero-order chi connectivity index (χ0) is 11.4. The van der Waals surface area contributed by atoms with Crippen LogP contribution in [0.5, 0.6) is 0 Å². The summed E-state index contributed by atoms with van der Waals surface area (Å²) in [6.45, 7) is 5.64. The summed E-state index contributed by atoms with van der Waals surface area (Å²) in [4.78, 5) is 6.83. The topological polar surface area (TPSA) is 42.1 Å². The summed E-state index contributed by atoms with van der Waals surface area (Å²) < 4.78 is 0. The van der Waals surface area contributed by atoms with Gasteiger partial charge in [-0.15, -0.1) is 0 Å². The molecule has 3 nitrogen and oxygen atoms in total. The fourth-order valence-corrected chi connectivity index (χ4v) is 2.37. The lowest BCUT2D eigenvalue weighted by atomic mass is 9.94. The van der Waals surface area contributed by atoms with Crippen LogP contribution in [0.15, 0.2) is 18.3 Å². The third-order valence-electron chi connectivity index (χ3n) is 3.51. The number of nitrogens with two attached hydrogens (primary N) is 1. The molecule has 2 heterocycles. The maximum atomic E-state index is 5.75. The molecule has 0 saturated carbocycles. The number of hydrogen-bond donors (Lipinski definition) is 1. The molecule has 1 aromatic rings. The molecule has 88 valence electrons. The Bertz CT molecular complexity index is 330. The Labute approximate surface area is 97.7 Å². The first-order chi connectivity index (χ1) is 7.78. The predicted octanol–water partition coefficient (Wildman–Crippen LogP) is 2.29. The Morgan fingerprint density at radius 2 is 2.19 bits per heavy atom. The van der Waals surface area contributed by atoms with Crippen molar-refractivity contribution in [2.45, 2.75) is 32.7 Å². The minimum atomic E-state index is 0.813. The highest BCUT2D eigenvalue weighted by Crippen LogP contribution is 2.21. The van der Waals surface area contributed by atoms with E-state index in [2.05, 4.69) is 16.8 Å². The average Bonchev–Trinajstić information content (AvgIpc) is 2.30. The molecule has 2 rings (SSSR count). The number of rotatable bonds is 3. The van der Waals surface area contributed by atoms with E-state index in [4.69, 9.17) is 5.73 Å². The molecule has 2 N–H and O–H groups in total. The molecule has 3 heteroatoms. The van der Waals surface area contributed by atoms with Gasteiger partial charge in [0.2, 0.25) is 0 Å². The number of pyridine rings is 1. The van der Waals surface area contributed by atoms with Gasteiger partial charge >= 0.3 is 0 Å². The highest BCUT2D eigenvalue weighted by atomic mass is 15.1. The summed E-state index contributed by atoms with van der Waals surface area (Å²) in [5.74, 6) is 0.935. The van der Waals surface area contributed by atoms with Crippen LogP contribution in [0.1, 0.15) is 31.9 Å². The summed E-state index contributed by atoms with van der Waals surface area (Å²) in [6.07, 6.45) is 5.78. The average molecular weight is 219 g/mol.